The van der Waals surface area contributed by atoms with Gasteiger partial charge in [0, 0.05) is 22.1 Å². The van der Waals surface area contributed by atoms with E-state index in [0.29, 0.717) is 40.1 Å². The molecule has 1 N–H and O–H groups in total. The van der Waals surface area contributed by atoms with E-state index in [1.54, 1.807) is 42.5 Å². The molecule has 0 atom stereocenters. The summed E-state index contributed by atoms with van der Waals surface area (Å²) in [5, 5.41) is 7.40. The lowest BCUT2D eigenvalue weighted by molar-refractivity contribution is -0.118. The van der Waals surface area contributed by atoms with Gasteiger partial charge in [-0.15, -0.1) is 0 Å². The zero-order valence-corrected chi connectivity index (χ0v) is 19.8. The number of para-hydroxylation sites is 1. The molecule has 0 aliphatic heterocycles. The number of amides is 1. The van der Waals surface area contributed by atoms with E-state index in [2.05, 4.69) is 31.3 Å². The molecule has 4 rings (SSSR count). The van der Waals surface area contributed by atoms with Crippen LogP contribution in [0.5, 0.6) is 5.75 Å². The van der Waals surface area contributed by atoms with E-state index in [-0.39, 0.29) is 12.2 Å². The number of carbonyl (C=O) groups excluding carboxylic acids is 1. The number of rotatable bonds is 7. The second-order valence-corrected chi connectivity index (χ2v) is 8.21. The highest BCUT2D eigenvalue weighted by molar-refractivity contribution is 9.10. The lowest BCUT2D eigenvalue weighted by Crippen LogP contribution is -2.22. The predicted molar refractivity (Wildman–Crippen MR) is 133 cm³/mol. The maximum absolute atomic E-state index is 13.3. The van der Waals surface area contributed by atoms with Crippen molar-refractivity contribution in [1.29, 1.82) is 0 Å². The molecule has 0 unspecified atom stereocenters. The second-order valence-electron chi connectivity index (χ2n) is 7.29. The SMILES string of the molecule is CCc1nc2ccc(Br)cc2c(=O)n1N=Cc1ccccc1OCC(=O)Nc1cccc(F)c1. The third-order valence-electron chi connectivity index (χ3n) is 4.89. The highest BCUT2D eigenvalue weighted by atomic mass is 79.9. The highest BCUT2D eigenvalue weighted by Gasteiger charge is 2.11. The highest BCUT2D eigenvalue weighted by Crippen LogP contribution is 2.18. The average Bonchev–Trinajstić information content (AvgIpc) is 2.83. The number of nitrogens with one attached hydrogen (secondary N) is 1. The summed E-state index contributed by atoms with van der Waals surface area (Å²) in [5.41, 5.74) is 1.23. The quantitative estimate of drug-likeness (QED) is 0.354. The van der Waals surface area contributed by atoms with Crippen LogP contribution in [0, 0.1) is 5.82 Å². The summed E-state index contributed by atoms with van der Waals surface area (Å²) in [4.78, 5) is 29.8. The minimum absolute atomic E-state index is 0.285. The van der Waals surface area contributed by atoms with Crippen LogP contribution in [0.4, 0.5) is 10.1 Å². The smallest absolute Gasteiger partial charge is 0.282 e. The summed E-state index contributed by atoms with van der Waals surface area (Å²) in [6, 6.07) is 17.9. The van der Waals surface area contributed by atoms with E-state index < -0.39 is 11.7 Å². The molecule has 0 bridgehead atoms. The van der Waals surface area contributed by atoms with Crippen molar-refractivity contribution in [2.75, 3.05) is 11.9 Å². The Morgan fingerprint density at radius 2 is 2.00 bits per heavy atom. The van der Waals surface area contributed by atoms with E-state index >= 15 is 0 Å². The topological polar surface area (TPSA) is 85.6 Å². The number of ether oxygens (including phenoxy) is 1. The number of benzene rings is 3. The number of hydrogen-bond acceptors (Lipinski definition) is 5. The van der Waals surface area contributed by atoms with Crippen LogP contribution in [0.2, 0.25) is 0 Å². The molecule has 4 aromatic rings. The van der Waals surface area contributed by atoms with Gasteiger partial charge in [-0.3, -0.25) is 9.59 Å². The number of aryl methyl sites for hydroxylation is 1. The van der Waals surface area contributed by atoms with Crippen molar-refractivity contribution in [2.24, 2.45) is 5.10 Å². The molecule has 0 aliphatic carbocycles. The third-order valence-corrected chi connectivity index (χ3v) is 5.38. The summed E-state index contributed by atoms with van der Waals surface area (Å²) < 4.78 is 21.0. The number of hydrogen-bond donors (Lipinski definition) is 1. The molecule has 0 fully saturated rings. The van der Waals surface area contributed by atoms with Crippen LogP contribution in [0.3, 0.4) is 0 Å². The molecule has 0 saturated heterocycles. The third kappa shape index (κ3) is 5.37. The fourth-order valence-corrected chi connectivity index (χ4v) is 3.65. The Bertz CT molecular complexity index is 1450. The first-order chi connectivity index (χ1) is 16.4. The van der Waals surface area contributed by atoms with Gasteiger partial charge in [0.25, 0.3) is 11.5 Å². The van der Waals surface area contributed by atoms with E-state index in [1.165, 1.54) is 29.1 Å². The van der Waals surface area contributed by atoms with Crippen molar-refractivity contribution < 1.29 is 13.9 Å². The van der Waals surface area contributed by atoms with Gasteiger partial charge in [0.1, 0.15) is 17.4 Å². The molecule has 3 aromatic carbocycles. The summed E-state index contributed by atoms with van der Waals surface area (Å²) >= 11 is 3.38. The van der Waals surface area contributed by atoms with Gasteiger partial charge in [-0.1, -0.05) is 41.1 Å². The largest absolute Gasteiger partial charge is 0.483 e. The van der Waals surface area contributed by atoms with Crippen LogP contribution < -0.4 is 15.6 Å². The minimum Gasteiger partial charge on any atom is -0.483 e. The van der Waals surface area contributed by atoms with E-state index in [0.717, 1.165) is 4.47 Å². The maximum Gasteiger partial charge on any atom is 0.282 e. The Morgan fingerprint density at radius 3 is 2.79 bits per heavy atom. The first-order valence-corrected chi connectivity index (χ1v) is 11.3. The number of anilines is 1. The van der Waals surface area contributed by atoms with Crippen molar-refractivity contribution in [3.05, 3.63) is 98.8 Å². The summed E-state index contributed by atoms with van der Waals surface area (Å²) in [5.74, 6) is 0.0378. The summed E-state index contributed by atoms with van der Waals surface area (Å²) in [7, 11) is 0. The Kier molecular flexibility index (Phi) is 7.12. The van der Waals surface area contributed by atoms with Crippen LogP contribution >= 0.6 is 15.9 Å². The molecular weight excluding hydrogens is 503 g/mol. The van der Waals surface area contributed by atoms with Gasteiger partial charge in [0.05, 0.1) is 17.1 Å². The van der Waals surface area contributed by atoms with Gasteiger partial charge in [-0.25, -0.2) is 9.37 Å². The zero-order valence-electron chi connectivity index (χ0n) is 18.2. The monoisotopic (exact) mass is 522 g/mol. The first kappa shape index (κ1) is 23.3. The Balaban J connectivity index is 1.56. The van der Waals surface area contributed by atoms with Gasteiger partial charge in [0.2, 0.25) is 0 Å². The Morgan fingerprint density at radius 1 is 1.18 bits per heavy atom. The normalized spacial score (nSPS) is 11.1. The van der Waals surface area contributed by atoms with Crippen molar-refractivity contribution in [3.8, 4) is 5.75 Å². The fourth-order valence-electron chi connectivity index (χ4n) is 3.29. The Hall–Kier alpha value is -3.85. The first-order valence-electron chi connectivity index (χ1n) is 10.5. The minimum atomic E-state index is -0.447. The molecule has 34 heavy (non-hydrogen) atoms. The van der Waals surface area contributed by atoms with Crippen molar-refractivity contribution >= 4 is 44.6 Å². The van der Waals surface area contributed by atoms with Gasteiger partial charge in [-0.05, 0) is 48.5 Å². The number of aromatic nitrogens is 2. The molecule has 1 amide bonds. The van der Waals surface area contributed by atoms with Crippen LogP contribution in [0.1, 0.15) is 18.3 Å². The average molecular weight is 523 g/mol. The summed E-state index contributed by atoms with van der Waals surface area (Å²) in [6.07, 6.45) is 2.00. The van der Waals surface area contributed by atoms with Crippen LogP contribution in [-0.4, -0.2) is 28.4 Å². The molecule has 172 valence electrons. The number of nitrogens with zero attached hydrogens (tertiary/aromatic N) is 3. The predicted octanol–water partition coefficient (Wildman–Crippen LogP) is 4.76. The molecular formula is C25H20BrFN4O3. The number of carbonyl (C=O) groups is 1. The zero-order chi connectivity index (χ0) is 24.1. The molecule has 1 heterocycles. The van der Waals surface area contributed by atoms with Crippen molar-refractivity contribution in [3.63, 3.8) is 0 Å². The standard InChI is InChI=1S/C25H20BrFN4O3/c1-2-23-30-21-11-10-17(26)12-20(21)25(33)31(23)28-14-16-6-3-4-9-22(16)34-15-24(32)29-19-8-5-7-18(27)13-19/h3-14H,2,15H2,1H3,(H,29,32). The lowest BCUT2D eigenvalue weighted by atomic mass is 10.2. The second kappa shape index (κ2) is 10.4. The number of halogens is 2. The fraction of sp³-hybridized carbons (Fsp3) is 0.120. The molecule has 0 spiro atoms. The van der Waals surface area contributed by atoms with E-state index in [4.69, 9.17) is 4.74 Å². The molecule has 7 nitrogen and oxygen atoms in total. The van der Waals surface area contributed by atoms with Gasteiger partial charge in [0.15, 0.2) is 6.61 Å². The molecule has 1 aromatic heterocycles. The molecule has 0 radical (unpaired) electrons. The van der Waals surface area contributed by atoms with E-state index in [1.807, 2.05) is 13.0 Å². The van der Waals surface area contributed by atoms with E-state index in [9.17, 15) is 14.0 Å². The van der Waals surface area contributed by atoms with Crippen LogP contribution in [0.25, 0.3) is 10.9 Å². The van der Waals surface area contributed by atoms with Crippen molar-refractivity contribution in [1.82, 2.24) is 9.66 Å². The van der Waals surface area contributed by atoms with Gasteiger partial charge in [-0.2, -0.15) is 9.78 Å². The summed E-state index contributed by atoms with van der Waals surface area (Å²) in [6.45, 7) is 1.61. The van der Waals surface area contributed by atoms with Crippen molar-refractivity contribution in [2.45, 2.75) is 13.3 Å². The lowest BCUT2D eigenvalue weighted by Gasteiger charge is -2.10. The van der Waals surface area contributed by atoms with Gasteiger partial charge < -0.3 is 10.1 Å². The Labute approximate surface area is 203 Å². The molecule has 9 heteroatoms. The van der Waals surface area contributed by atoms with Gasteiger partial charge >= 0.3 is 0 Å². The van der Waals surface area contributed by atoms with Crippen LogP contribution in [0.15, 0.2) is 81.1 Å². The molecule has 0 saturated carbocycles. The van der Waals surface area contributed by atoms with Crippen LogP contribution in [-0.2, 0) is 11.2 Å². The molecule has 0 aliphatic rings. The number of fused-ring (bicyclic) bond motifs is 1. The maximum atomic E-state index is 13.3.